The van der Waals surface area contributed by atoms with Gasteiger partial charge < -0.3 is 15.3 Å². The average Bonchev–Trinajstić information content (AvgIpc) is 3.50. The maximum absolute atomic E-state index is 12.9. The molecular weight excluding hydrogens is 495 g/mol. The average molecular weight is 523 g/mol. The van der Waals surface area contributed by atoms with E-state index in [1.54, 1.807) is 37.3 Å². The molecule has 34 heavy (non-hydrogen) atoms. The highest BCUT2D eigenvalue weighted by atomic mass is 32.1. The largest absolute Gasteiger partial charge is 0.480 e. The Morgan fingerprint density at radius 1 is 1.06 bits per heavy atom. The van der Waals surface area contributed by atoms with E-state index < -0.39 is 37.6 Å². The van der Waals surface area contributed by atoms with E-state index >= 15 is 0 Å². The second kappa shape index (κ2) is 11.9. The second-order valence-electron chi connectivity index (χ2n) is 8.00. The standard InChI is InChI=1S/C23H27N2O6PS2/c1-15(2)21(25-32(29,30)31-14-18-5-3-11-33-18)22(26)24-19(23(27)28)13-16-7-9-17(10-8-16)20-6-4-12-34-20/h3-12,15,19,21H,13-14H2,1-2H3,(H,24,26)(H,27,28)(H2,25,29,30)/t19-,21-/m0/s1. The van der Waals surface area contributed by atoms with Crippen LogP contribution in [0.1, 0.15) is 24.3 Å². The molecule has 2 heterocycles. The molecule has 3 rings (SSSR count). The Hall–Kier alpha value is -2.33. The Labute approximate surface area is 206 Å². The molecule has 4 N–H and O–H groups in total. The third-order valence-corrected chi connectivity index (χ3v) is 7.88. The van der Waals surface area contributed by atoms with E-state index in [9.17, 15) is 24.2 Å². The zero-order valence-electron chi connectivity index (χ0n) is 18.7. The predicted molar refractivity (Wildman–Crippen MR) is 134 cm³/mol. The van der Waals surface area contributed by atoms with E-state index in [1.165, 1.54) is 11.3 Å². The van der Waals surface area contributed by atoms with Crippen molar-refractivity contribution in [1.29, 1.82) is 0 Å². The van der Waals surface area contributed by atoms with E-state index in [-0.39, 0.29) is 13.0 Å². The number of carboxylic acids is 1. The number of hydrogen-bond donors (Lipinski definition) is 4. The molecule has 0 radical (unpaired) electrons. The highest BCUT2D eigenvalue weighted by Crippen LogP contribution is 2.39. The first kappa shape index (κ1) is 26.3. The summed E-state index contributed by atoms with van der Waals surface area (Å²) in [4.78, 5) is 36.8. The molecule has 1 unspecified atom stereocenters. The highest BCUT2D eigenvalue weighted by molar-refractivity contribution is 7.50. The molecular formula is C23H27N2O6PS2. The van der Waals surface area contributed by atoms with Crippen LogP contribution in [0, 0.1) is 5.92 Å². The molecule has 0 aliphatic rings. The lowest BCUT2D eigenvalue weighted by Crippen LogP contribution is -2.52. The van der Waals surface area contributed by atoms with Crippen molar-refractivity contribution in [3.05, 3.63) is 69.7 Å². The van der Waals surface area contributed by atoms with Gasteiger partial charge in [-0.15, -0.1) is 22.7 Å². The number of benzene rings is 1. The number of carboxylic acid groups (broad SMARTS) is 1. The molecule has 1 amide bonds. The molecule has 11 heteroatoms. The topological polar surface area (TPSA) is 125 Å². The second-order valence-corrected chi connectivity index (χ2v) is 11.5. The predicted octanol–water partition coefficient (Wildman–Crippen LogP) is 4.52. The number of hydrogen-bond acceptors (Lipinski definition) is 6. The number of aliphatic carboxylic acids is 1. The van der Waals surface area contributed by atoms with E-state index in [0.29, 0.717) is 0 Å². The van der Waals surface area contributed by atoms with Gasteiger partial charge in [0.2, 0.25) is 5.91 Å². The normalized spacial score (nSPS) is 14.9. The maximum atomic E-state index is 12.9. The molecule has 2 aromatic heterocycles. The molecule has 0 saturated heterocycles. The first-order chi connectivity index (χ1) is 16.1. The van der Waals surface area contributed by atoms with Gasteiger partial charge in [-0.05, 0) is 39.9 Å². The van der Waals surface area contributed by atoms with Gasteiger partial charge >= 0.3 is 13.7 Å². The Kier molecular flexibility index (Phi) is 9.18. The quantitative estimate of drug-likeness (QED) is 0.258. The van der Waals surface area contributed by atoms with Crippen LogP contribution in [0.3, 0.4) is 0 Å². The summed E-state index contributed by atoms with van der Waals surface area (Å²) in [6, 6.07) is 12.7. The van der Waals surface area contributed by atoms with Gasteiger partial charge in [-0.2, -0.15) is 0 Å². The summed E-state index contributed by atoms with van der Waals surface area (Å²) in [6.45, 7) is 3.30. The summed E-state index contributed by atoms with van der Waals surface area (Å²) < 4.78 is 17.6. The van der Waals surface area contributed by atoms with Crippen LogP contribution in [0.25, 0.3) is 10.4 Å². The minimum absolute atomic E-state index is 0.0717. The molecule has 0 aliphatic carbocycles. The molecule has 0 fully saturated rings. The molecule has 3 aromatic rings. The summed E-state index contributed by atoms with van der Waals surface area (Å²) in [6.07, 6.45) is 0.0717. The minimum Gasteiger partial charge on any atom is -0.480 e. The van der Waals surface area contributed by atoms with Crippen LogP contribution in [-0.4, -0.2) is 34.0 Å². The fourth-order valence-corrected chi connectivity index (χ4v) is 5.81. The number of rotatable bonds is 12. The summed E-state index contributed by atoms with van der Waals surface area (Å²) in [5.74, 6) is -2.28. The van der Waals surface area contributed by atoms with Crippen molar-refractivity contribution >= 4 is 42.3 Å². The van der Waals surface area contributed by atoms with Crippen molar-refractivity contribution in [2.75, 3.05) is 0 Å². The van der Waals surface area contributed by atoms with Gasteiger partial charge in [0.15, 0.2) is 0 Å². The fraction of sp³-hybridized carbons (Fsp3) is 0.304. The first-order valence-corrected chi connectivity index (χ1v) is 13.9. The van der Waals surface area contributed by atoms with Crippen molar-refractivity contribution in [2.45, 2.75) is 39.0 Å². The van der Waals surface area contributed by atoms with E-state index in [1.807, 2.05) is 47.2 Å². The smallest absolute Gasteiger partial charge is 0.403 e. The molecule has 3 atom stereocenters. The van der Waals surface area contributed by atoms with Crippen LogP contribution in [0.2, 0.25) is 0 Å². The van der Waals surface area contributed by atoms with Crippen molar-refractivity contribution < 1.29 is 28.7 Å². The maximum Gasteiger partial charge on any atom is 0.403 e. The van der Waals surface area contributed by atoms with Gasteiger partial charge in [-0.1, -0.05) is 50.2 Å². The molecule has 0 saturated carbocycles. The Balaban J connectivity index is 1.63. The third kappa shape index (κ3) is 7.59. The van der Waals surface area contributed by atoms with Crippen molar-refractivity contribution in [1.82, 2.24) is 10.4 Å². The van der Waals surface area contributed by atoms with Crippen LogP contribution in [0.4, 0.5) is 0 Å². The highest BCUT2D eigenvalue weighted by Gasteiger charge is 2.33. The SMILES string of the molecule is CC(C)[C@H](NP(=O)(O)OCc1cccs1)C(=O)N[C@@H](Cc1ccc(-c2cccs2)cc1)C(=O)O. The molecule has 8 nitrogen and oxygen atoms in total. The summed E-state index contributed by atoms with van der Waals surface area (Å²) in [5.41, 5.74) is 1.77. The molecule has 0 spiro atoms. The van der Waals surface area contributed by atoms with Gasteiger partial charge in [0.25, 0.3) is 0 Å². The van der Waals surface area contributed by atoms with Crippen LogP contribution in [0.5, 0.6) is 0 Å². The number of carbonyl (C=O) groups is 2. The summed E-state index contributed by atoms with van der Waals surface area (Å²) in [7, 11) is -4.31. The summed E-state index contributed by atoms with van der Waals surface area (Å²) >= 11 is 2.99. The fourth-order valence-electron chi connectivity index (χ4n) is 3.21. The van der Waals surface area contributed by atoms with Crippen molar-refractivity contribution in [2.24, 2.45) is 5.92 Å². The lowest BCUT2D eigenvalue weighted by atomic mass is 10.0. The van der Waals surface area contributed by atoms with Crippen LogP contribution >= 0.6 is 30.4 Å². The summed E-state index contributed by atoms with van der Waals surface area (Å²) in [5, 5.41) is 18.3. The van der Waals surface area contributed by atoms with Crippen LogP contribution < -0.4 is 10.4 Å². The van der Waals surface area contributed by atoms with Crippen molar-refractivity contribution in [3.8, 4) is 10.4 Å². The lowest BCUT2D eigenvalue weighted by molar-refractivity contribution is -0.142. The molecule has 0 aliphatic heterocycles. The number of nitrogens with one attached hydrogen (secondary N) is 2. The molecule has 0 bridgehead atoms. The Morgan fingerprint density at radius 3 is 2.29 bits per heavy atom. The zero-order chi connectivity index (χ0) is 24.7. The third-order valence-electron chi connectivity index (χ3n) is 5.03. The monoisotopic (exact) mass is 522 g/mol. The Bertz CT molecular complexity index is 1120. The van der Waals surface area contributed by atoms with Gasteiger partial charge in [0.1, 0.15) is 6.04 Å². The number of amides is 1. The molecule has 182 valence electrons. The number of carbonyl (C=O) groups excluding carboxylic acids is 1. The first-order valence-electron chi connectivity index (χ1n) is 10.6. The van der Waals surface area contributed by atoms with Crippen molar-refractivity contribution in [3.63, 3.8) is 0 Å². The minimum atomic E-state index is -4.31. The van der Waals surface area contributed by atoms with Gasteiger partial charge in [-0.3, -0.25) is 9.32 Å². The van der Waals surface area contributed by atoms with E-state index in [4.69, 9.17) is 4.52 Å². The Morgan fingerprint density at radius 2 is 1.74 bits per heavy atom. The van der Waals surface area contributed by atoms with Gasteiger partial charge in [0.05, 0.1) is 12.6 Å². The van der Waals surface area contributed by atoms with Gasteiger partial charge in [0, 0.05) is 16.2 Å². The zero-order valence-corrected chi connectivity index (χ0v) is 21.2. The van der Waals surface area contributed by atoms with Crippen LogP contribution in [0.15, 0.2) is 59.3 Å². The number of thiophene rings is 2. The van der Waals surface area contributed by atoms with Crippen LogP contribution in [-0.2, 0) is 31.7 Å². The van der Waals surface area contributed by atoms with E-state index in [2.05, 4.69) is 10.4 Å². The lowest BCUT2D eigenvalue weighted by Gasteiger charge is -2.26. The van der Waals surface area contributed by atoms with Gasteiger partial charge in [-0.25, -0.2) is 14.4 Å². The molecule has 1 aromatic carbocycles. The van der Waals surface area contributed by atoms with E-state index in [0.717, 1.165) is 20.9 Å².